The molecule has 2 amide bonds. The normalized spacial score (nSPS) is 15.4. The molecule has 3 N–H and O–H groups in total. The van der Waals surface area contributed by atoms with E-state index >= 15 is 0 Å². The Balaban J connectivity index is 1.74. The van der Waals surface area contributed by atoms with Gasteiger partial charge in [-0.3, -0.25) is 19.4 Å². The molecule has 10 nitrogen and oxygen atoms in total. The second-order valence-corrected chi connectivity index (χ2v) is 6.70. The Morgan fingerprint density at radius 3 is 2.75 bits per heavy atom. The number of rotatable bonds is 4. The van der Waals surface area contributed by atoms with Crippen LogP contribution in [0, 0.1) is 0 Å². The summed E-state index contributed by atoms with van der Waals surface area (Å²) in [5.74, 6) is 0.0990. The predicted molar refractivity (Wildman–Crippen MR) is 103 cm³/mol. The third-order valence-electron chi connectivity index (χ3n) is 4.49. The number of benzene rings is 1. The first kappa shape index (κ1) is 19.2. The number of anilines is 2. The van der Waals surface area contributed by atoms with Crippen molar-refractivity contribution in [2.45, 2.75) is 12.5 Å². The van der Waals surface area contributed by atoms with Crippen LogP contribution in [0.15, 0.2) is 34.0 Å². The molecular weight excluding hydrogens is 366 g/mol. The largest absolute Gasteiger partial charge is 0.489 e. The molecule has 0 unspecified atom stereocenters. The summed E-state index contributed by atoms with van der Waals surface area (Å²) in [6.45, 7) is 0.278. The van der Waals surface area contributed by atoms with Crippen LogP contribution >= 0.6 is 0 Å². The highest BCUT2D eigenvalue weighted by Gasteiger charge is 2.28. The van der Waals surface area contributed by atoms with Crippen LogP contribution in [0.3, 0.4) is 0 Å². The summed E-state index contributed by atoms with van der Waals surface area (Å²) in [6, 6.07) is 4.87. The maximum atomic E-state index is 12.3. The van der Waals surface area contributed by atoms with Crippen molar-refractivity contribution in [1.29, 1.82) is 0 Å². The Labute approximate surface area is 160 Å². The van der Waals surface area contributed by atoms with Crippen LogP contribution in [0.1, 0.15) is 16.8 Å². The van der Waals surface area contributed by atoms with Gasteiger partial charge >= 0.3 is 5.69 Å². The minimum Gasteiger partial charge on any atom is -0.489 e. The number of amides is 2. The van der Waals surface area contributed by atoms with Gasteiger partial charge in [0.05, 0.1) is 18.2 Å². The molecule has 0 saturated heterocycles. The fourth-order valence-corrected chi connectivity index (χ4v) is 2.91. The summed E-state index contributed by atoms with van der Waals surface area (Å²) in [4.78, 5) is 55.0. The number of ether oxygens (including phenoxy) is 1. The standard InChI is InChI=1S/C18H21N5O5/c1-22(2)17(26)10-4-5-14-13(6-10)23(3)11(9-28-14)7-15(24)20-12-8-19-18(27)21-16(12)25/h4-6,8,11H,7,9H2,1-3H3,(H,20,24)(H2,19,21,25,27)/t11-/m0/s1. The molecule has 1 aromatic heterocycles. The fourth-order valence-electron chi connectivity index (χ4n) is 2.91. The van der Waals surface area contributed by atoms with Gasteiger partial charge in [0.15, 0.2) is 0 Å². The molecule has 1 aromatic carbocycles. The van der Waals surface area contributed by atoms with Gasteiger partial charge in [0.25, 0.3) is 11.5 Å². The topological polar surface area (TPSA) is 128 Å². The summed E-state index contributed by atoms with van der Waals surface area (Å²) >= 11 is 0. The van der Waals surface area contributed by atoms with E-state index in [2.05, 4.69) is 10.3 Å². The lowest BCUT2D eigenvalue weighted by molar-refractivity contribution is -0.116. The number of H-pyrrole nitrogens is 2. The Kier molecular flexibility index (Phi) is 5.21. The molecule has 0 bridgehead atoms. The molecule has 1 aliphatic rings. The zero-order valence-corrected chi connectivity index (χ0v) is 15.7. The smallest absolute Gasteiger partial charge is 0.325 e. The monoisotopic (exact) mass is 387 g/mol. The first-order valence-corrected chi connectivity index (χ1v) is 8.59. The van der Waals surface area contributed by atoms with Crippen LogP contribution in [0.2, 0.25) is 0 Å². The quantitative estimate of drug-likeness (QED) is 0.677. The molecule has 1 atom stereocenters. The van der Waals surface area contributed by atoms with E-state index in [1.807, 2.05) is 16.9 Å². The van der Waals surface area contributed by atoms with E-state index in [1.54, 1.807) is 32.3 Å². The molecule has 0 aliphatic carbocycles. The number of carbonyl (C=O) groups is 2. The van der Waals surface area contributed by atoms with E-state index in [4.69, 9.17) is 4.74 Å². The van der Waals surface area contributed by atoms with E-state index in [-0.39, 0.29) is 30.7 Å². The predicted octanol–water partition coefficient (Wildman–Crippen LogP) is -0.00900. The number of aromatic amines is 2. The second kappa shape index (κ2) is 7.59. The van der Waals surface area contributed by atoms with E-state index in [1.165, 1.54) is 4.90 Å². The lowest BCUT2D eigenvalue weighted by Crippen LogP contribution is -2.43. The number of nitrogens with zero attached hydrogens (tertiary/aromatic N) is 2. The van der Waals surface area contributed by atoms with Gasteiger partial charge in [0.1, 0.15) is 18.0 Å². The van der Waals surface area contributed by atoms with Crippen LogP contribution in [-0.4, -0.2) is 60.5 Å². The second-order valence-electron chi connectivity index (χ2n) is 6.70. The van der Waals surface area contributed by atoms with Crippen LogP contribution < -0.4 is 26.2 Å². The van der Waals surface area contributed by atoms with Crippen molar-refractivity contribution >= 4 is 23.2 Å². The van der Waals surface area contributed by atoms with Crippen LogP contribution in [-0.2, 0) is 4.79 Å². The molecule has 2 heterocycles. The SMILES string of the molecule is CN(C)C(=O)c1ccc2c(c1)N(C)[C@@H](CC(=O)Nc1c[nH]c(=O)[nH]c1=O)CO2. The van der Waals surface area contributed by atoms with Gasteiger partial charge in [-0.2, -0.15) is 0 Å². The minimum absolute atomic E-state index is 0.0387. The average molecular weight is 387 g/mol. The number of nitrogens with one attached hydrogen (secondary N) is 3. The number of aromatic nitrogens is 2. The Morgan fingerprint density at radius 1 is 1.32 bits per heavy atom. The maximum Gasteiger partial charge on any atom is 0.325 e. The maximum absolute atomic E-state index is 12.3. The number of hydrogen-bond acceptors (Lipinski definition) is 6. The number of fused-ring (bicyclic) bond motifs is 1. The Morgan fingerprint density at radius 2 is 2.07 bits per heavy atom. The molecular formula is C18H21N5O5. The summed E-state index contributed by atoms with van der Waals surface area (Å²) in [5.41, 5.74) is -0.142. The molecule has 28 heavy (non-hydrogen) atoms. The number of likely N-dealkylation sites (N-methyl/N-ethyl adjacent to an activating group) is 1. The van der Waals surface area contributed by atoms with Crippen molar-refractivity contribution in [3.8, 4) is 5.75 Å². The zero-order chi connectivity index (χ0) is 20.4. The highest BCUT2D eigenvalue weighted by atomic mass is 16.5. The zero-order valence-electron chi connectivity index (χ0n) is 15.7. The molecule has 0 radical (unpaired) electrons. The van der Waals surface area contributed by atoms with Gasteiger partial charge < -0.3 is 24.8 Å². The average Bonchev–Trinajstić information content (AvgIpc) is 2.65. The van der Waals surface area contributed by atoms with Crippen molar-refractivity contribution in [2.75, 3.05) is 38.0 Å². The number of hydrogen-bond donors (Lipinski definition) is 3. The number of carbonyl (C=O) groups excluding carboxylic acids is 2. The molecule has 2 aromatic rings. The van der Waals surface area contributed by atoms with Crippen LogP contribution in [0.4, 0.5) is 11.4 Å². The summed E-state index contributed by atoms with van der Waals surface area (Å²) < 4.78 is 5.73. The van der Waals surface area contributed by atoms with Crippen LogP contribution in [0.25, 0.3) is 0 Å². The van der Waals surface area contributed by atoms with Crippen molar-refractivity contribution in [3.63, 3.8) is 0 Å². The summed E-state index contributed by atoms with van der Waals surface area (Å²) in [7, 11) is 5.16. The fraction of sp³-hybridized carbons (Fsp3) is 0.333. The first-order valence-electron chi connectivity index (χ1n) is 8.59. The highest BCUT2D eigenvalue weighted by molar-refractivity contribution is 5.95. The molecule has 0 fully saturated rings. The highest BCUT2D eigenvalue weighted by Crippen LogP contribution is 2.34. The van der Waals surface area contributed by atoms with E-state index in [9.17, 15) is 19.2 Å². The van der Waals surface area contributed by atoms with Gasteiger partial charge in [0, 0.05) is 32.9 Å². The van der Waals surface area contributed by atoms with E-state index < -0.39 is 17.2 Å². The van der Waals surface area contributed by atoms with Crippen molar-refractivity contribution < 1.29 is 14.3 Å². The van der Waals surface area contributed by atoms with Crippen molar-refractivity contribution in [1.82, 2.24) is 14.9 Å². The lowest BCUT2D eigenvalue weighted by atomic mass is 10.1. The van der Waals surface area contributed by atoms with Crippen molar-refractivity contribution in [3.05, 3.63) is 50.8 Å². The molecule has 1 aliphatic heterocycles. The van der Waals surface area contributed by atoms with Gasteiger partial charge in [-0.25, -0.2) is 4.79 Å². The third kappa shape index (κ3) is 3.90. The minimum atomic E-state index is -0.678. The van der Waals surface area contributed by atoms with Gasteiger partial charge in [-0.1, -0.05) is 0 Å². The van der Waals surface area contributed by atoms with Crippen molar-refractivity contribution in [2.24, 2.45) is 0 Å². The molecule has 0 spiro atoms. The molecule has 10 heteroatoms. The first-order chi connectivity index (χ1) is 13.3. The Hall–Kier alpha value is -3.56. The van der Waals surface area contributed by atoms with Gasteiger partial charge in [-0.05, 0) is 18.2 Å². The summed E-state index contributed by atoms with van der Waals surface area (Å²) in [5, 5.41) is 2.48. The van der Waals surface area contributed by atoms with E-state index in [0.717, 1.165) is 6.20 Å². The summed E-state index contributed by atoms with van der Waals surface area (Å²) in [6.07, 6.45) is 1.20. The molecule has 148 valence electrons. The lowest BCUT2D eigenvalue weighted by Gasteiger charge is -2.35. The van der Waals surface area contributed by atoms with Gasteiger partial charge in [0.2, 0.25) is 5.91 Å². The van der Waals surface area contributed by atoms with Gasteiger partial charge in [-0.15, -0.1) is 0 Å². The molecule has 0 saturated carbocycles. The molecule has 3 rings (SSSR count). The van der Waals surface area contributed by atoms with Crippen LogP contribution in [0.5, 0.6) is 5.75 Å². The third-order valence-corrected chi connectivity index (χ3v) is 4.49. The van der Waals surface area contributed by atoms with E-state index in [0.29, 0.717) is 17.0 Å². The Bertz CT molecular complexity index is 1030.